The molecular formula is C27H30ClF3N6O2. The van der Waals surface area contributed by atoms with Crippen LogP contribution in [0, 0.1) is 6.92 Å². The van der Waals surface area contributed by atoms with Crippen LogP contribution < -0.4 is 16.0 Å². The van der Waals surface area contributed by atoms with Gasteiger partial charge in [-0.2, -0.15) is 13.2 Å². The number of likely N-dealkylation sites (N-methyl/N-ethyl adjacent to an activating group) is 1. The lowest BCUT2D eigenvalue weighted by Gasteiger charge is -2.24. The number of nitrogens with zero attached hydrogens (tertiary/aromatic N) is 3. The van der Waals surface area contributed by atoms with Crippen LogP contribution in [0.3, 0.4) is 0 Å². The van der Waals surface area contributed by atoms with Gasteiger partial charge in [-0.15, -0.1) is 0 Å². The third kappa shape index (κ3) is 7.67. The zero-order valence-electron chi connectivity index (χ0n) is 22.2. The van der Waals surface area contributed by atoms with Crippen molar-refractivity contribution < 1.29 is 22.8 Å². The third-order valence-electron chi connectivity index (χ3n) is 6.02. The number of nitrogens with one attached hydrogen (secondary N) is 3. The number of hydrogen-bond acceptors (Lipinski definition) is 6. The number of aromatic nitrogens is 2. The highest BCUT2D eigenvalue weighted by Crippen LogP contribution is 2.36. The molecule has 0 aliphatic rings. The maximum atomic E-state index is 13.3. The SMILES string of the molecule is Cc1ccc(C(=O)Nc2ccc(Cl)c(C(F)(F)F)c2)cc1NC(=O)C(C)(C)c1cc(NCCN(C)C)ncn1. The summed E-state index contributed by atoms with van der Waals surface area (Å²) in [7, 11) is 3.92. The first-order chi connectivity index (χ1) is 18.2. The third-order valence-corrected chi connectivity index (χ3v) is 6.35. The van der Waals surface area contributed by atoms with Crippen molar-refractivity contribution in [1.29, 1.82) is 0 Å². The molecule has 1 aromatic heterocycles. The van der Waals surface area contributed by atoms with Crippen LogP contribution in [-0.2, 0) is 16.4 Å². The molecule has 3 rings (SSSR count). The molecule has 0 unspecified atom stereocenters. The molecule has 0 fully saturated rings. The molecule has 208 valence electrons. The zero-order valence-corrected chi connectivity index (χ0v) is 23.0. The number of carbonyl (C=O) groups is 2. The van der Waals surface area contributed by atoms with E-state index in [9.17, 15) is 22.8 Å². The van der Waals surface area contributed by atoms with Crippen LogP contribution in [-0.4, -0.2) is 53.9 Å². The second-order valence-electron chi connectivity index (χ2n) is 9.77. The van der Waals surface area contributed by atoms with Gasteiger partial charge in [-0.05, 0) is 70.8 Å². The molecule has 0 aliphatic heterocycles. The molecule has 0 saturated heterocycles. The van der Waals surface area contributed by atoms with Crippen LogP contribution in [0.25, 0.3) is 0 Å². The summed E-state index contributed by atoms with van der Waals surface area (Å²) in [6.07, 6.45) is -3.28. The Morgan fingerprint density at radius 1 is 1.00 bits per heavy atom. The van der Waals surface area contributed by atoms with Crippen molar-refractivity contribution in [2.45, 2.75) is 32.4 Å². The van der Waals surface area contributed by atoms with E-state index in [2.05, 4.69) is 25.9 Å². The van der Waals surface area contributed by atoms with Gasteiger partial charge >= 0.3 is 6.18 Å². The molecule has 39 heavy (non-hydrogen) atoms. The van der Waals surface area contributed by atoms with E-state index in [-0.39, 0.29) is 17.2 Å². The molecule has 0 atom stereocenters. The van der Waals surface area contributed by atoms with Crippen molar-refractivity contribution >= 4 is 40.6 Å². The summed E-state index contributed by atoms with van der Waals surface area (Å²) in [4.78, 5) is 36.7. The van der Waals surface area contributed by atoms with E-state index in [1.807, 2.05) is 19.0 Å². The van der Waals surface area contributed by atoms with Gasteiger partial charge in [0, 0.05) is 36.1 Å². The Hall–Kier alpha value is -3.70. The first kappa shape index (κ1) is 29.9. The second kappa shape index (κ2) is 12.0. The predicted octanol–water partition coefficient (Wildman–Crippen LogP) is 5.60. The number of amides is 2. The van der Waals surface area contributed by atoms with E-state index in [1.165, 1.54) is 24.5 Å². The van der Waals surface area contributed by atoms with Crippen LogP contribution in [0.4, 0.5) is 30.4 Å². The molecule has 0 radical (unpaired) electrons. The Morgan fingerprint density at radius 2 is 1.72 bits per heavy atom. The van der Waals surface area contributed by atoms with Crippen molar-refractivity contribution in [2.24, 2.45) is 0 Å². The summed E-state index contributed by atoms with van der Waals surface area (Å²) in [6.45, 7) is 6.67. The molecule has 0 aliphatic carbocycles. The van der Waals surface area contributed by atoms with Crippen molar-refractivity contribution in [3.63, 3.8) is 0 Å². The van der Waals surface area contributed by atoms with Crippen LogP contribution in [0.15, 0.2) is 48.8 Å². The summed E-state index contributed by atoms with van der Waals surface area (Å²) < 4.78 is 39.5. The molecule has 0 saturated carbocycles. The minimum Gasteiger partial charge on any atom is -0.369 e. The molecule has 8 nitrogen and oxygen atoms in total. The molecule has 0 spiro atoms. The maximum Gasteiger partial charge on any atom is 0.417 e. The largest absolute Gasteiger partial charge is 0.417 e. The van der Waals surface area contributed by atoms with Crippen molar-refractivity contribution in [1.82, 2.24) is 14.9 Å². The fourth-order valence-corrected chi connectivity index (χ4v) is 3.74. The van der Waals surface area contributed by atoms with Gasteiger partial charge in [0.05, 0.1) is 21.7 Å². The smallest absolute Gasteiger partial charge is 0.369 e. The van der Waals surface area contributed by atoms with Crippen LogP contribution >= 0.6 is 11.6 Å². The van der Waals surface area contributed by atoms with Crippen LogP contribution in [0.5, 0.6) is 0 Å². The lowest BCUT2D eigenvalue weighted by atomic mass is 9.87. The van der Waals surface area contributed by atoms with Crippen LogP contribution in [0.1, 0.15) is 41.0 Å². The zero-order chi connectivity index (χ0) is 29.0. The van der Waals surface area contributed by atoms with E-state index in [0.29, 0.717) is 29.3 Å². The summed E-state index contributed by atoms with van der Waals surface area (Å²) in [5, 5.41) is 8.03. The van der Waals surface area contributed by atoms with Crippen molar-refractivity contribution in [3.8, 4) is 0 Å². The molecule has 3 N–H and O–H groups in total. The number of anilines is 3. The number of rotatable bonds is 9. The van der Waals surface area contributed by atoms with E-state index < -0.39 is 28.1 Å². The predicted molar refractivity (Wildman–Crippen MR) is 146 cm³/mol. The molecule has 0 bridgehead atoms. The van der Waals surface area contributed by atoms with Gasteiger partial charge in [-0.3, -0.25) is 9.59 Å². The fraction of sp³-hybridized carbons (Fsp3) is 0.333. The molecule has 1 heterocycles. The highest BCUT2D eigenvalue weighted by molar-refractivity contribution is 6.31. The number of hydrogen-bond donors (Lipinski definition) is 3. The minimum atomic E-state index is -4.67. The van der Waals surface area contributed by atoms with Gasteiger partial charge in [0.25, 0.3) is 5.91 Å². The first-order valence-electron chi connectivity index (χ1n) is 12.0. The lowest BCUT2D eigenvalue weighted by Crippen LogP contribution is -2.36. The van der Waals surface area contributed by atoms with E-state index in [0.717, 1.165) is 18.7 Å². The van der Waals surface area contributed by atoms with Gasteiger partial charge in [0.2, 0.25) is 5.91 Å². The number of halogens is 4. The number of benzene rings is 2. The van der Waals surface area contributed by atoms with Gasteiger partial charge < -0.3 is 20.9 Å². The van der Waals surface area contributed by atoms with Gasteiger partial charge in [0.15, 0.2) is 0 Å². The fourth-order valence-electron chi connectivity index (χ4n) is 3.52. The van der Waals surface area contributed by atoms with Gasteiger partial charge in [0.1, 0.15) is 12.1 Å². The van der Waals surface area contributed by atoms with E-state index in [1.54, 1.807) is 32.9 Å². The Bertz CT molecular complexity index is 1360. The van der Waals surface area contributed by atoms with Gasteiger partial charge in [-0.25, -0.2) is 9.97 Å². The van der Waals surface area contributed by atoms with E-state index in [4.69, 9.17) is 11.6 Å². The quantitative estimate of drug-likeness (QED) is 0.314. The molecule has 3 aromatic rings. The highest BCUT2D eigenvalue weighted by atomic mass is 35.5. The normalized spacial score (nSPS) is 11.8. The monoisotopic (exact) mass is 562 g/mol. The van der Waals surface area contributed by atoms with Crippen molar-refractivity contribution in [2.75, 3.05) is 43.1 Å². The summed E-state index contributed by atoms with van der Waals surface area (Å²) in [5.74, 6) is -0.425. The van der Waals surface area contributed by atoms with Crippen LogP contribution in [0.2, 0.25) is 5.02 Å². The second-order valence-corrected chi connectivity index (χ2v) is 10.2. The molecule has 12 heteroatoms. The summed E-state index contributed by atoms with van der Waals surface area (Å²) >= 11 is 5.66. The van der Waals surface area contributed by atoms with Gasteiger partial charge in [-0.1, -0.05) is 17.7 Å². The average molecular weight is 563 g/mol. The first-order valence-corrected chi connectivity index (χ1v) is 12.4. The Balaban J connectivity index is 1.77. The Morgan fingerprint density at radius 3 is 2.38 bits per heavy atom. The average Bonchev–Trinajstić information content (AvgIpc) is 2.85. The number of carbonyl (C=O) groups excluding carboxylic acids is 2. The minimum absolute atomic E-state index is 0.0669. The maximum absolute atomic E-state index is 13.3. The lowest BCUT2D eigenvalue weighted by molar-refractivity contribution is -0.137. The Labute approximate surface area is 230 Å². The topological polar surface area (TPSA) is 99.2 Å². The standard InChI is InChI=1S/C27H30ClF3N6O2/c1-16-6-7-17(24(38)35-18-8-9-20(28)19(13-18)27(29,30)31)12-21(16)36-25(39)26(2,3)22-14-23(34-15-33-22)32-10-11-37(4)5/h6-9,12-15H,10-11H2,1-5H3,(H,35,38)(H,36,39)(H,32,33,34). The number of aryl methyl sites for hydroxylation is 1. The number of alkyl halides is 3. The highest BCUT2D eigenvalue weighted by Gasteiger charge is 2.34. The summed E-state index contributed by atoms with van der Waals surface area (Å²) in [5.41, 5.74) is -0.460. The molecule has 2 amide bonds. The van der Waals surface area contributed by atoms with E-state index >= 15 is 0 Å². The molecule has 2 aromatic carbocycles. The molecular weight excluding hydrogens is 533 g/mol. The Kier molecular flexibility index (Phi) is 9.18. The summed E-state index contributed by atoms with van der Waals surface area (Å²) in [6, 6.07) is 9.45. The van der Waals surface area contributed by atoms with Crippen molar-refractivity contribution in [3.05, 3.63) is 76.2 Å².